The van der Waals surface area contributed by atoms with Gasteiger partial charge in [0.1, 0.15) is 0 Å². The molecule has 0 aliphatic heterocycles. The van der Waals surface area contributed by atoms with E-state index in [1.807, 2.05) is 13.8 Å². The molecule has 0 saturated carbocycles. The molecule has 16 heavy (non-hydrogen) atoms. The van der Waals surface area contributed by atoms with E-state index in [0.717, 1.165) is 18.3 Å². The summed E-state index contributed by atoms with van der Waals surface area (Å²) >= 11 is 0. The van der Waals surface area contributed by atoms with Gasteiger partial charge in [-0.05, 0) is 24.6 Å². The Hall–Kier alpha value is -1.52. The number of hydrogen-bond acceptors (Lipinski definition) is 2. The summed E-state index contributed by atoms with van der Waals surface area (Å²) in [7, 11) is 0. The van der Waals surface area contributed by atoms with Crippen LogP contribution >= 0.6 is 0 Å². The molecule has 3 N–H and O–H groups in total. The summed E-state index contributed by atoms with van der Waals surface area (Å²) in [5.41, 5.74) is 4.98. The average Bonchev–Trinajstić information content (AvgIpc) is 2.19. The third-order valence-corrected chi connectivity index (χ3v) is 2.00. The van der Waals surface area contributed by atoms with Crippen LogP contribution in [-0.4, -0.2) is 6.21 Å². The van der Waals surface area contributed by atoms with Crippen LogP contribution in [-0.2, 0) is 6.18 Å². The van der Waals surface area contributed by atoms with E-state index in [9.17, 15) is 13.2 Å². The van der Waals surface area contributed by atoms with E-state index < -0.39 is 11.7 Å². The topological polar surface area (TPSA) is 49.9 Å². The zero-order valence-electron chi connectivity index (χ0n) is 9.44. The van der Waals surface area contributed by atoms with Gasteiger partial charge in [-0.1, -0.05) is 13.8 Å². The highest BCUT2D eigenvalue weighted by atomic mass is 19.4. The van der Waals surface area contributed by atoms with Gasteiger partial charge in [0.15, 0.2) is 0 Å². The number of rotatable bonds is 1. The quantitative estimate of drug-likeness (QED) is 0.564. The summed E-state index contributed by atoms with van der Waals surface area (Å²) in [6.07, 6.45) is -3.56. The van der Waals surface area contributed by atoms with Gasteiger partial charge < -0.3 is 11.1 Å². The minimum atomic E-state index is -4.39. The van der Waals surface area contributed by atoms with Crippen molar-refractivity contribution in [3.63, 3.8) is 0 Å². The van der Waals surface area contributed by atoms with Gasteiger partial charge in [0, 0.05) is 17.5 Å². The monoisotopic (exact) mass is 232 g/mol. The number of anilines is 1. The normalized spacial score (nSPS) is 10.4. The Bertz CT molecular complexity index is 370. The van der Waals surface area contributed by atoms with Crippen molar-refractivity contribution in [2.24, 2.45) is 0 Å². The van der Waals surface area contributed by atoms with Gasteiger partial charge in [-0.25, -0.2) is 0 Å². The van der Waals surface area contributed by atoms with E-state index in [0.29, 0.717) is 0 Å². The first-order valence-electron chi connectivity index (χ1n) is 4.84. The lowest BCUT2D eigenvalue weighted by Crippen LogP contribution is -2.10. The maximum Gasteiger partial charge on any atom is 0.416 e. The predicted octanol–water partition coefficient (Wildman–Crippen LogP) is 3.62. The molecule has 0 aromatic heterocycles. The summed E-state index contributed by atoms with van der Waals surface area (Å²) < 4.78 is 37.1. The fourth-order valence-electron chi connectivity index (χ4n) is 1.25. The molecule has 1 aromatic rings. The van der Waals surface area contributed by atoms with Gasteiger partial charge in [-0.2, -0.15) is 13.2 Å². The van der Waals surface area contributed by atoms with Crippen molar-refractivity contribution in [3.05, 3.63) is 28.8 Å². The first-order chi connectivity index (χ1) is 7.38. The number of nitrogen functional groups attached to an aromatic ring is 1. The van der Waals surface area contributed by atoms with E-state index in [1.54, 1.807) is 0 Å². The highest BCUT2D eigenvalue weighted by Gasteiger charge is 2.33. The van der Waals surface area contributed by atoms with E-state index in [4.69, 9.17) is 11.1 Å². The van der Waals surface area contributed by atoms with Crippen molar-refractivity contribution in [2.75, 3.05) is 5.73 Å². The standard InChI is InChI=1S/C9H9F3N2.C2H6/c1-5-6(4-13)8(14)3-2-7(5)9(10,11)12;1-2/h2-4,13H,14H2,1H3;1-2H3. The van der Waals surface area contributed by atoms with Crippen LogP contribution in [0.4, 0.5) is 18.9 Å². The first-order valence-corrected chi connectivity index (χ1v) is 4.84. The Morgan fingerprint density at radius 3 is 2.12 bits per heavy atom. The lowest BCUT2D eigenvalue weighted by Gasteiger charge is -2.13. The van der Waals surface area contributed by atoms with Gasteiger partial charge in [0.05, 0.1) is 5.56 Å². The number of nitrogens with two attached hydrogens (primary N) is 1. The number of alkyl halides is 3. The van der Waals surface area contributed by atoms with E-state index in [2.05, 4.69) is 0 Å². The minimum Gasteiger partial charge on any atom is -0.398 e. The highest BCUT2D eigenvalue weighted by molar-refractivity contribution is 5.87. The fraction of sp³-hybridized carbons (Fsp3) is 0.364. The Morgan fingerprint density at radius 2 is 1.75 bits per heavy atom. The molecule has 1 rings (SSSR count). The average molecular weight is 232 g/mol. The van der Waals surface area contributed by atoms with Crippen molar-refractivity contribution in [3.8, 4) is 0 Å². The summed E-state index contributed by atoms with van der Waals surface area (Å²) in [5, 5.41) is 6.95. The molecule has 0 aliphatic carbocycles. The molecule has 2 nitrogen and oxygen atoms in total. The predicted molar refractivity (Wildman–Crippen MR) is 59.8 cm³/mol. The third kappa shape index (κ3) is 2.98. The molecule has 0 unspecified atom stereocenters. The van der Waals surface area contributed by atoms with E-state index in [-0.39, 0.29) is 16.8 Å². The van der Waals surface area contributed by atoms with Crippen LogP contribution in [0.25, 0.3) is 0 Å². The molecular weight excluding hydrogens is 217 g/mol. The SMILES string of the molecule is CC.Cc1c(C(F)(F)F)ccc(N)c1C=N. The van der Waals surface area contributed by atoms with Gasteiger partial charge in [-0.15, -0.1) is 0 Å². The lowest BCUT2D eigenvalue weighted by atomic mass is 10.0. The second-order valence-electron chi connectivity index (χ2n) is 2.88. The summed E-state index contributed by atoms with van der Waals surface area (Å²) in [4.78, 5) is 0. The summed E-state index contributed by atoms with van der Waals surface area (Å²) in [6.45, 7) is 5.31. The van der Waals surface area contributed by atoms with Crippen LogP contribution in [0.2, 0.25) is 0 Å². The van der Waals surface area contributed by atoms with Crippen LogP contribution in [0, 0.1) is 12.3 Å². The fourth-order valence-corrected chi connectivity index (χ4v) is 1.25. The molecule has 0 atom stereocenters. The molecule has 0 radical (unpaired) electrons. The van der Waals surface area contributed by atoms with Gasteiger partial charge in [0.25, 0.3) is 0 Å². The van der Waals surface area contributed by atoms with Crippen molar-refractivity contribution >= 4 is 11.9 Å². The van der Waals surface area contributed by atoms with Crippen molar-refractivity contribution in [1.82, 2.24) is 0 Å². The maximum absolute atomic E-state index is 12.4. The number of nitrogens with one attached hydrogen (secondary N) is 1. The van der Waals surface area contributed by atoms with Crippen LogP contribution in [0.5, 0.6) is 0 Å². The zero-order chi connectivity index (χ0) is 12.9. The molecule has 5 heteroatoms. The third-order valence-electron chi connectivity index (χ3n) is 2.00. The van der Waals surface area contributed by atoms with E-state index >= 15 is 0 Å². The Kier molecular flexibility index (Phi) is 5.01. The molecule has 90 valence electrons. The molecule has 0 aliphatic rings. The molecule has 0 amide bonds. The molecular formula is C11H15F3N2. The molecule has 0 fully saturated rings. The highest BCUT2D eigenvalue weighted by Crippen LogP contribution is 2.34. The van der Waals surface area contributed by atoms with Gasteiger partial charge >= 0.3 is 6.18 Å². The van der Waals surface area contributed by atoms with Crippen molar-refractivity contribution in [2.45, 2.75) is 26.9 Å². The first kappa shape index (κ1) is 14.5. The molecule has 0 spiro atoms. The Labute approximate surface area is 92.8 Å². The lowest BCUT2D eigenvalue weighted by molar-refractivity contribution is -0.138. The Morgan fingerprint density at radius 1 is 1.25 bits per heavy atom. The summed E-state index contributed by atoms with van der Waals surface area (Å²) in [5.74, 6) is 0. The summed E-state index contributed by atoms with van der Waals surface area (Å²) in [6, 6.07) is 2.09. The molecule has 0 saturated heterocycles. The smallest absolute Gasteiger partial charge is 0.398 e. The Balaban J connectivity index is 0.00000106. The minimum absolute atomic E-state index is 0.00694. The van der Waals surface area contributed by atoms with E-state index in [1.165, 1.54) is 6.92 Å². The van der Waals surface area contributed by atoms with Gasteiger partial charge in [0.2, 0.25) is 0 Å². The molecule has 0 heterocycles. The second-order valence-corrected chi connectivity index (χ2v) is 2.88. The zero-order valence-corrected chi connectivity index (χ0v) is 9.44. The maximum atomic E-state index is 12.4. The van der Waals surface area contributed by atoms with Crippen LogP contribution in [0.15, 0.2) is 12.1 Å². The molecule has 1 aromatic carbocycles. The van der Waals surface area contributed by atoms with Crippen LogP contribution in [0.1, 0.15) is 30.5 Å². The van der Waals surface area contributed by atoms with Crippen LogP contribution in [0.3, 0.4) is 0 Å². The number of benzene rings is 1. The number of hydrogen-bond donors (Lipinski definition) is 2. The largest absolute Gasteiger partial charge is 0.416 e. The van der Waals surface area contributed by atoms with Crippen molar-refractivity contribution < 1.29 is 13.2 Å². The van der Waals surface area contributed by atoms with Crippen LogP contribution < -0.4 is 5.73 Å². The molecule has 0 bridgehead atoms. The van der Waals surface area contributed by atoms with Gasteiger partial charge in [-0.3, -0.25) is 0 Å². The van der Waals surface area contributed by atoms with Crippen molar-refractivity contribution in [1.29, 1.82) is 5.41 Å². The number of halogens is 3. The second kappa shape index (κ2) is 5.53.